The van der Waals surface area contributed by atoms with Crippen LogP contribution in [0.4, 0.5) is 22.0 Å². The smallest absolute Gasteiger partial charge is 0.456 e. The summed E-state index contributed by atoms with van der Waals surface area (Å²) in [6, 6.07) is 0. The Balaban J connectivity index is 2.82. The van der Waals surface area contributed by atoms with E-state index < -0.39 is 34.4 Å². The number of nitrogens with two attached hydrogens (primary N) is 1. The first-order valence-corrected chi connectivity index (χ1v) is 7.69. The van der Waals surface area contributed by atoms with E-state index in [1.165, 1.54) is 6.92 Å². The van der Waals surface area contributed by atoms with Gasteiger partial charge in [0.1, 0.15) is 5.69 Å². The molecule has 0 fully saturated rings. The fourth-order valence-corrected chi connectivity index (χ4v) is 1.80. The highest BCUT2D eigenvalue weighted by Gasteiger charge is 2.58. The zero-order valence-electron chi connectivity index (χ0n) is 11.6. The quantitative estimate of drug-likeness (QED) is 0.776. The Hall–Kier alpha value is -1.98. The molecule has 1 heterocycles. The first-order valence-electron chi connectivity index (χ1n) is 5.97. The largest absolute Gasteiger partial charge is 0.470 e. The SMILES string of the molecule is CCS(=O)(=O)C=C(N)c1cnc(OCC(F)(F)C(F)(F)F)cn1. The van der Waals surface area contributed by atoms with Crippen LogP contribution >= 0.6 is 0 Å². The molecule has 12 heteroatoms. The molecule has 1 rings (SSSR count). The van der Waals surface area contributed by atoms with Crippen molar-refractivity contribution in [3.63, 3.8) is 0 Å². The van der Waals surface area contributed by atoms with Gasteiger partial charge in [-0.15, -0.1) is 0 Å². The lowest BCUT2D eigenvalue weighted by atomic mass is 10.3. The second-order valence-corrected chi connectivity index (χ2v) is 6.39. The molecular weight excluding hydrogens is 349 g/mol. The number of sulfone groups is 1. The van der Waals surface area contributed by atoms with Gasteiger partial charge in [-0.05, 0) is 0 Å². The molecule has 0 aromatic carbocycles. The van der Waals surface area contributed by atoms with E-state index in [1.807, 2.05) is 0 Å². The number of nitrogens with zero attached hydrogens (tertiary/aromatic N) is 2. The minimum atomic E-state index is -5.75. The van der Waals surface area contributed by atoms with E-state index in [1.54, 1.807) is 0 Å². The number of halogens is 5. The van der Waals surface area contributed by atoms with Gasteiger partial charge in [0.15, 0.2) is 16.4 Å². The summed E-state index contributed by atoms with van der Waals surface area (Å²) in [6.07, 6.45) is -4.11. The normalized spacial score (nSPS) is 13.9. The van der Waals surface area contributed by atoms with E-state index in [4.69, 9.17) is 5.73 Å². The van der Waals surface area contributed by atoms with Gasteiger partial charge in [0, 0.05) is 0 Å². The van der Waals surface area contributed by atoms with Crippen molar-refractivity contribution >= 4 is 15.5 Å². The lowest BCUT2D eigenvalue weighted by molar-refractivity contribution is -0.290. The van der Waals surface area contributed by atoms with Gasteiger partial charge >= 0.3 is 12.1 Å². The van der Waals surface area contributed by atoms with E-state index in [-0.39, 0.29) is 17.1 Å². The Kier molecular flexibility index (Phi) is 5.51. The van der Waals surface area contributed by atoms with Crippen LogP contribution in [-0.2, 0) is 9.84 Å². The molecule has 1 aromatic heterocycles. The van der Waals surface area contributed by atoms with Crippen molar-refractivity contribution in [2.75, 3.05) is 12.4 Å². The highest BCUT2D eigenvalue weighted by Crippen LogP contribution is 2.35. The maximum Gasteiger partial charge on any atom is 0.456 e. The molecule has 0 saturated heterocycles. The van der Waals surface area contributed by atoms with Crippen molar-refractivity contribution in [3.8, 4) is 5.88 Å². The standard InChI is InChI=1S/C11H12F5N3O3S/c1-2-23(20,21)5-7(17)8-3-19-9(4-18-8)22-6-10(12,13)11(14,15)16/h3-5H,2,6,17H2,1H3. The van der Waals surface area contributed by atoms with Gasteiger partial charge in [-0.3, -0.25) is 0 Å². The third-order valence-electron chi connectivity index (χ3n) is 2.45. The maximum absolute atomic E-state index is 12.7. The molecule has 0 aliphatic heterocycles. The lowest BCUT2D eigenvalue weighted by Crippen LogP contribution is -2.41. The minimum Gasteiger partial charge on any atom is -0.470 e. The van der Waals surface area contributed by atoms with Gasteiger partial charge in [-0.1, -0.05) is 6.92 Å². The van der Waals surface area contributed by atoms with E-state index in [0.29, 0.717) is 0 Å². The van der Waals surface area contributed by atoms with Crippen LogP contribution in [0.25, 0.3) is 5.70 Å². The topological polar surface area (TPSA) is 95.2 Å². The molecule has 0 unspecified atom stereocenters. The predicted octanol–water partition coefficient (Wildman–Crippen LogP) is 1.74. The molecular formula is C11H12F5N3O3S. The van der Waals surface area contributed by atoms with Crippen molar-refractivity contribution in [1.29, 1.82) is 0 Å². The van der Waals surface area contributed by atoms with Crippen molar-refractivity contribution in [2.24, 2.45) is 5.73 Å². The summed E-state index contributed by atoms with van der Waals surface area (Å²) in [4.78, 5) is 7.03. The highest BCUT2D eigenvalue weighted by molar-refractivity contribution is 7.94. The Bertz CT molecular complexity index is 671. The van der Waals surface area contributed by atoms with Crippen molar-refractivity contribution in [2.45, 2.75) is 19.0 Å². The summed E-state index contributed by atoms with van der Waals surface area (Å²) in [5.41, 5.74) is 5.12. The Labute approximate surface area is 128 Å². The monoisotopic (exact) mass is 361 g/mol. The Morgan fingerprint density at radius 2 is 1.87 bits per heavy atom. The minimum absolute atomic E-state index is 0.100. The predicted molar refractivity (Wildman–Crippen MR) is 70.2 cm³/mol. The summed E-state index contributed by atoms with van der Waals surface area (Å²) in [6.45, 7) is -0.567. The van der Waals surface area contributed by atoms with Gasteiger partial charge in [0.05, 0.1) is 29.3 Å². The second kappa shape index (κ2) is 6.64. The lowest BCUT2D eigenvalue weighted by Gasteiger charge is -2.19. The fourth-order valence-electron chi connectivity index (χ4n) is 1.12. The maximum atomic E-state index is 12.7. The van der Waals surface area contributed by atoms with Crippen molar-refractivity contribution < 1.29 is 35.1 Å². The molecule has 0 radical (unpaired) electrons. The van der Waals surface area contributed by atoms with Crippen LogP contribution in [0.2, 0.25) is 0 Å². The first kappa shape index (κ1) is 19.1. The van der Waals surface area contributed by atoms with Crippen LogP contribution in [0.3, 0.4) is 0 Å². The number of alkyl halides is 5. The zero-order valence-corrected chi connectivity index (χ0v) is 12.5. The highest BCUT2D eigenvalue weighted by atomic mass is 32.2. The Morgan fingerprint density at radius 1 is 1.26 bits per heavy atom. The summed E-state index contributed by atoms with van der Waals surface area (Å²) in [5.74, 6) is -5.83. The fraction of sp³-hybridized carbons (Fsp3) is 0.455. The van der Waals surface area contributed by atoms with Gasteiger partial charge < -0.3 is 10.5 Å². The van der Waals surface area contributed by atoms with Crippen molar-refractivity contribution in [3.05, 3.63) is 23.5 Å². The molecule has 0 spiro atoms. The summed E-state index contributed by atoms with van der Waals surface area (Å²) in [5, 5.41) is 0.745. The third-order valence-corrected chi connectivity index (χ3v) is 3.87. The average molecular weight is 361 g/mol. The van der Waals surface area contributed by atoms with E-state index in [2.05, 4.69) is 14.7 Å². The van der Waals surface area contributed by atoms with Crippen LogP contribution in [0.5, 0.6) is 5.88 Å². The van der Waals surface area contributed by atoms with Crippen molar-refractivity contribution in [1.82, 2.24) is 9.97 Å². The number of ether oxygens (including phenoxy) is 1. The molecule has 0 bridgehead atoms. The number of aromatic nitrogens is 2. The summed E-state index contributed by atoms with van der Waals surface area (Å²) in [7, 11) is -3.53. The molecule has 0 atom stereocenters. The van der Waals surface area contributed by atoms with E-state index in [0.717, 1.165) is 17.8 Å². The van der Waals surface area contributed by atoms with Gasteiger partial charge in [0.25, 0.3) is 0 Å². The van der Waals surface area contributed by atoms with Crippen LogP contribution in [0.15, 0.2) is 17.8 Å². The number of rotatable bonds is 6. The molecule has 0 saturated carbocycles. The third kappa shape index (κ3) is 5.30. The molecule has 0 aliphatic rings. The van der Waals surface area contributed by atoms with E-state index >= 15 is 0 Å². The van der Waals surface area contributed by atoms with Crippen LogP contribution < -0.4 is 10.5 Å². The summed E-state index contributed by atoms with van der Waals surface area (Å²) >= 11 is 0. The van der Waals surface area contributed by atoms with Gasteiger partial charge in [-0.25, -0.2) is 18.4 Å². The number of hydrogen-bond donors (Lipinski definition) is 1. The van der Waals surface area contributed by atoms with E-state index in [9.17, 15) is 30.4 Å². The molecule has 130 valence electrons. The Morgan fingerprint density at radius 3 is 2.30 bits per heavy atom. The van der Waals surface area contributed by atoms with Gasteiger partial charge in [0.2, 0.25) is 5.88 Å². The van der Waals surface area contributed by atoms with Crippen LogP contribution in [-0.4, -0.2) is 42.8 Å². The zero-order chi connectivity index (χ0) is 17.9. The van der Waals surface area contributed by atoms with Crippen LogP contribution in [0.1, 0.15) is 12.6 Å². The molecule has 23 heavy (non-hydrogen) atoms. The molecule has 0 amide bonds. The summed E-state index contributed by atoms with van der Waals surface area (Å²) < 4.78 is 88.1. The molecule has 6 nitrogen and oxygen atoms in total. The first-order chi connectivity index (χ1) is 10.4. The molecule has 2 N–H and O–H groups in total. The second-order valence-electron chi connectivity index (χ2n) is 4.26. The van der Waals surface area contributed by atoms with Gasteiger partial charge in [-0.2, -0.15) is 22.0 Å². The molecule has 1 aromatic rings. The van der Waals surface area contributed by atoms with Crippen LogP contribution in [0, 0.1) is 0 Å². The number of hydrogen-bond acceptors (Lipinski definition) is 6. The molecule has 0 aliphatic carbocycles. The average Bonchev–Trinajstić information content (AvgIpc) is 2.44.